The number of phenols is 1. The number of hydrogen-bond acceptors (Lipinski definition) is 2. The van der Waals surface area contributed by atoms with E-state index in [2.05, 4.69) is 5.32 Å². The van der Waals surface area contributed by atoms with Crippen LogP contribution in [-0.4, -0.2) is 11.0 Å². The highest BCUT2D eigenvalue weighted by molar-refractivity contribution is 6.34. The van der Waals surface area contributed by atoms with E-state index in [0.29, 0.717) is 0 Å². The van der Waals surface area contributed by atoms with Crippen LogP contribution >= 0.6 is 11.6 Å². The zero-order valence-electron chi connectivity index (χ0n) is 9.45. The summed E-state index contributed by atoms with van der Waals surface area (Å²) in [6, 6.07) is 6.57. The van der Waals surface area contributed by atoms with Crippen LogP contribution in [0.2, 0.25) is 5.02 Å². The van der Waals surface area contributed by atoms with Gasteiger partial charge in [0.2, 0.25) is 0 Å². The predicted octanol–water partition coefficient (Wildman–Crippen LogP) is 3.58. The molecule has 0 fully saturated rings. The summed E-state index contributed by atoms with van der Waals surface area (Å²) in [5, 5.41) is 11.3. The largest absolute Gasteiger partial charge is 0.508 e. The van der Waals surface area contributed by atoms with Gasteiger partial charge in [0.25, 0.3) is 5.91 Å². The molecule has 2 rings (SSSR count). The Labute approximate surface area is 112 Å². The Kier molecular flexibility index (Phi) is 3.66. The van der Waals surface area contributed by atoms with Crippen molar-refractivity contribution in [1.82, 2.24) is 0 Å². The SMILES string of the molecule is O=C(Nc1ccc(O)cc1F)c1ccc(F)cc1Cl. The highest BCUT2D eigenvalue weighted by Gasteiger charge is 2.13. The lowest BCUT2D eigenvalue weighted by atomic mass is 10.2. The molecule has 0 saturated carbocycles. The first kappa shape index (κ1) is 13.3. The molecule has 98 valence electrons. The number of anilines is 1. The van der Waals surface area contributed by atoms with E-state index in [9.17, 15) is 13.6 Å². The van der Waals surface area contributed by atoms with E-state index in [1.165, 1.54) is 18.2 Å². The highest BCUT2D eigenvalue weighted by atomic mass is 35.5. The van der Waals surface area contributed by atoms with Crippen LogP contribution in [0.15, 0.2) is 36.4 Å². The molecule has 2 N–H and O–H groups in total. The second kappa shape index (κ2) is 5.24. The molecular weight excluding hydrogens is 276 g/mol. The molecule has 0 radical (unpaired) electrons. The van der Waals surface area contributed by atoms with E-state index in [1.807, 2.05) is 0 Å². The third-order valence-corrected chi connectivity index (χ3v) is 2.69. The average molecular weight is 284 g/mol. The number of aromatic hydroxyl groups is 1. The van der Waals surface area contributed by atoms with Crippen molar-refractivity contribution in [3.63, 3.8) is 0 Å². The standard InChI is InChI=1S/C13H8ClF2NO2/c14-10-5-7(15)1-3-9(10)13(19)17-12-4-2-8(18)6-11(12)16/h1-6,18H,(H,17,19). The second-order valence-electron chi connectivity index (χ2n) is 3.74. The van der Waals surface area contributed by atoms with Gasteiger partial charge in [-0.05, 0) is 30.3 Å². The van der Waals surface area contributed by atoms with Crippen molar-refractivity contribution in [3.05, 3.63) is 58.6 Å². The molecule has 6 heteroatoms. The number of nitrogens with one attached hydrogen (secondary N) is 1. The lowest BCUT2D eigenvalue weighted by molar-refractivity contribution is 0.102. The zero-order valence-corrected chi connectivity index (χ0v) is 10.2. The summed E-state index contributed by atoms with van der Waals surface area (Å²) >= 11 is 5.72. The van der Waals surface area contributed by atoms with Gasteiger partial charge in [0.05, 0.1) is 16.3 Å². The number of amides is 1. The van der Waals surface area contributed by atoms with Gasteiger partial charge in [0.15, 0.2) is 0 Å². The minimum Gasteiger partial charge on any atom is -0.508 e. The van der Waals surface area contributed by atoms with E-state index in [1.54, 1.807) is 0 Å². The monoisotopic (exact) mass is 283 g/mol. The molecule has 0 aliphatic heterocycles. The molecule has 2 aromatic rings. The van der Waals surface area contributed by atoms with Crippen molar-refractivity contribution in [2.45, 2.75) is 0 Å². The van der Waals surface area contributed by atoms with Crippen LogP contribution in [0.5, 0.6) is 5.75 Å². The molecule has 0 unspecified atom stereocenters. The topological polar surface area (TPSA) is 49.3 Å². The van der Waals surface area contributed by atoms with Crippen LogP contribution in [0.25, 0.3) is 0 Å². The molecule has 0 heterocycles. The first-order chi connectivity index (χ1) is 8.97. The van der Waals surface area contributed by atoms with Crippen molar-refractivity contribution in [3.8, 4) is 5.75 Å². The summed E-state index contributed by atoms with van der Waals surface area (Å²) in [6.07, 6.45) is 0. The van der Waals surface area contributed by atoms with Crippen LogP contribution in [-0.2, 0) is 0 Å². The predicted molar refractivity (Wildman–Crippen MR) is 67.4 cm³/mol. The molecule has 0 aromatic heterocycles. The Bertz CT molecular complexity index is 647. The molecule has 1 amide bonds. The van der Waals surface area contributed by atoms with Crippen molar-refractivity contribution in [2.24, 2.45) is 0 Å². The van der Waals surface area contributed by atoms with Crippen LogP contribution < -0.4 is 5.32 Å². The van der Waals surface area contributed by atoms with Gasteiger partial charge in [-0.1, -0.05) is 11.6 Å². The molecule has 19 heavy (non-hydrogen) atoms. The van der Waals surface area contributed by atoms with E-state index < -0.39 is 17.5 Å². The fraction of sp³-hybridized carbons (Fsp3) is 0. The normalized spacial score (nSPS) is 10.3. The summed E-state index contributed by atoms with van der Waals surface area (Å²) in [7, 11) is 0. The molecule has 0 aliphatic carbocycles. The summed E-state index contributed by atoms with van der Waals surface area (Å²) in [5.74, 6) is -2.28. The van der Waals surface area contributed by atoms with Gasteiger partial charge in [0, 0.05) is 6.07 Å². The lowest BCUT2D eigenvalue weighted by Crippen LogP contribution is -2.13. The third kappa shape index (κ3) is 3.00. The molecule has 2 aromatic carbocycles. The quantitative estimate of drug-likeness (QED) is 0.828. The van der Waals surface area contributed by atoms with Crippen molar-refractivity contribution in [1.29, 1.82) is 0 Å². The Hall–Kier alpha value is -2.14. The molecule has 0 spiro atoms. The van der Waals surface area contributed by atoms with Gasteiger partial charge in [-0.25, -0.2) is 8.78 Å². The Morgan fingerprint density at radius 1 is 1.16 bits per heavy atom. The van der Waals surface area contributed by atoms with Gasteiger partial charge in [-0.15, -0.1) is 0 Å². The Morgan fingerprint density at radius 3 is 2.53 bits per heavy atom. The summed E-state index contributed by atoms with van der Waals surface area (Å²) in [6.45, 7) is 0. The molecule has 3 nitrogen and oxygen atoms in total. The number of phenolic OH excluding ortho intramolecular Hbond substituents is 1. The summed E-state index contributed by atoms with van der Waals surface area (Å²) in [4.78, 5) is 11.8. The Morgan fingerprint density at radius 2 is 1.89 bits per heavy atom. The fourth-order valence-corrected chi connectivity index (χ4v) is 1.72. The van der Waals surface area contributed by atoms with Crippen LogP contribution in [0.4, 0.5) is 14.5 Å². The number of rotatable bonds is 2. The molecule has 0 atom stereocenters. The van der Waals surface area contributed by atoms with Crippen LogP contribution in [0, 0.1) is 11.6 Å². The smallest absolute Gasteiger partial charge is 0.257 e. The maximum atomic E-state index is 13.4. The van der Waals surface area contributed by atoms with E-state index in [-0.39, 0.29) is 22.0 Å². The summed E-state index contributed by atoms with van der Waals surface area (Å²) in [5.41, 5.74) is -0.0845. The zero-order chi connectivity index (χ0) is 14.0. The maximum absolute atomic E-state index is 13.4. The number of carbonyl (C=O) groups is 1. The number of carbonyl (C=O) groups excluding carboxylic acids is 1. The van der Waals surface area contributed by atoms with E-state index >= 15 is 0 Å². The summed E-state index contributed by atoms with van der Waals surface area (Å²) < 4.78 is 26.3. The third-order valence-electron chi connectivity index (χ3n) is 2.38. The van der Waals surface area contributed by atoms with Crippen LogP contribution in [0.3, 0.4) is 0 Å². The highest BCUT2D eigenvalue weighted by Crippen LogP contribution is 2.22. The van der Waals surface area contributed by atoms with E-state index in [4.69, 9.17) is 16.7 Å². The number of benzene rings is 2. The molecule has 0 bridgehead atoms. The first-order valence-electron chi connectivity index (χ1n) is 5.22. The minimum atomic E-state index is -0.786. The van der Waals surface area contributed by atoms with Gasteiger partial charge in [0.1, 0.15) is 17.4 Å². The van der Waals surface area contributed by atoms with Crippen molar-refractivity contribution in [2.75, 3.05) is 5.32 Å². The van der Waals surface area contributed by atoms with Crippen LogP contribution in [0.1, 0.15) is 10.4 Å². The number of halogens is 3. The molecular formula is C13H8ClF2NO2. The van der Waals surface area contributed by atoms with E-state index in [0.717, 1.165) is 18.2 Å². The van der Waals surface area contributed by atoms with Gasteiger partial charge < -0.3 is 10.4 Å². The maximum Gasteiger partial charge on any atom is 0.257 e. The van der Waals surface area contributed by atoms with Crippen molar-refractivity contribution >= 4 is 23.2 Å². The fourth-order valence-electron chi connectivity index (χ4n) is 1.47. The van der Waals surface area contributed by atoms with Crippen molar-refractivity contribution < 1.29 is 18.7 Å². The number of hydrogen-bond donors (Lipinski definition) is 2. The first-order valence-corrected chi connectivity index (χ1v) is 5.60. The lowest BCUT2D eigenvalue weighted by Gasteiger charge is -2.08. The second-order valence-corrected chi connectivity index (χ2v) is 4.15. The average Bonchev–Trinajstić information content (AvgIpc) is 2.32. The minimum absolute atomic E-state index is 0.0236. The molecule has 0 aliphatic rings. The molecule has 0 saturated heterocycles. The Balaban J connectivity index is 2.25. The van der Waals surface area contributed by atoms with Gasteiger partial charge in [-0.3, -0.25) is 4.79 Å². The van der Waals surface area contributed by atoms with Gasteiger partial charge in [-0.2, -0.15) is 0 Å². The van der Waals surface area contributed by atoms with Gasteiger partial charge >= 0.3 is 0 Å².